The van der Waals surface area contributed by atoms with Gasteiger partial charge >= 0.3 is 0 Å². The first kappa shape index (κ1) is 12.4. The highest BCUT2D eigenvalue weighted by atomic mass is 19.1. The van der Waals surface area contributed by atoms with Gasteiger partial charge in [0.2, 0.25) is 0 Å². The number of aromatic nitrogens is 1. The van der Waals surface area contributed by atoms with Gasteiger partial charge in [-0.05, 0) is 17.5 Å². The van der Waals surface area contributed by atoms with Gasteiger partial charge in [0.25, 0.3) is 0 Å². The molecule has 0 aliphatic rings. The lowest BCUT2D eigenvalue weighted by atomic mass is 9.86. The Kier molecular flexibility index (Phi) is 2.74. The topological polar surface area (TPSA) is 38.9 Å². The number of benzene rings is 1. The minimum absolute atomic E-state index is 0.255. The highest BCUT2D eigenvalue weighted by molar-refractivity contribution is 5.92. The van der Waals surface area contributed by atoms with Crippen molar-refractivity contribution < 1.29 is 4.39 Å². The Morgan fingerprint density at radius 3 is 2.56 bits per heavy atom. The number of anilines is 1. The second kappa shape index (κ2) is 3.99. The molecule has 0 saturated carbocycles. The molecular weight excluding hydrogens is 227 g/mol. The third kappa shape index (κ3) is 1.91. The van der Waals surface area contributed by atoms with E-state index in [0.717, 1.165) is 11.1 Å². The quantitative estimate of drug-likeness (QED) is 0.720. The van der Waals surface area contributed by atoms with E-state index in [4.69, 9.17) is 12.2 Å². The summed E-state index contributed by atoms with van der Waals surface area (Å²) in [4.78, 5) is 4.34. The van der Waals surface area contributed by atoms with Crippen molar-refractivity contribution in [1.82, 2.24) is 4.98 Å². The fourth-order valence-electron chi connectivity index (χ4n) is 2.03. The van der Waals surface area contributed by atoms with Crippen molar-refractivity contribution in [1.29, 1.82) is 0 Å². The van der Waals surface area contributed by atoms with Crippen LogP contribution in [0.1, 0.15) is 32.0 Å². The molecule has 0 atom stereocenters. The van der Waals surface area contributed by atoms with E-state index in [0.29, 0.717) is 11.2 Å². The van der Waals surface area contributed by atoms with Crippen LogP contribution in [0.15, 0.2) is 18.2 Å². The molecule has 0 aliphatic heterocycles. The summed E-state index contributed by atoms with van der Waals surface area (Å²) in [6.07, 6.45) is 5.42. The SMILES string of the molecule is C#Cc1c(F)ccc2cc(N)nc(C(C)(C)C)c12. The normalized spacial score (nSPS) is 11.5. The van der Waals surface area contributed by atoms with Crippen molar-refractivity contribution >= 4 is 16.6 Å². The molecule has 1 aromatic heterocycles. The highest BCUT2D eigenvalue weighted by Gasteiger charge is 2.22. The molecule has 0 aliphatic carbocycles. The van der Waals surface area contributed by atoms with Gasteiger partial charge in [0.05, 0.1) is 11.3 Å². The summed E-state index contributed by atoms with van der Waals surface area (Å²) in [5.74, 6) is 2.43. The summed E-state index contributed by atoms with van der Waals surface area (Å²) < 4.78 is 13.8. The fourth-order valence-corrected chi connectivity index (χ4v) is 2.03. The summed E-state index contributed by atoms with van der Waals surface area (Å²) in [5, 5.41) is 1.50. The summed E-state index contributed by atoms with van der Waals surface area (Å²) in [5.41, 5.74) is 6.52. The third-order valence-electron chi connectivity index (χ3n) is 2.82. The van der Waals surface area contributed by atoms with Crippen LogP contribution in [0.4, 0.5) is 10.2 Å². The molecule has 1 heterocycles. The summed E-state index contributed by atoms with van der Waals surface area (Å²) in [6, 6.07) is 4.76. The standard InChI is InChI=1S/C15H15FN2/c1-5-10-11(16)7-6-9-8-12(17)18-14(13(9)10)15(2,3)4/h1,6-8H,2-4H3,(H2,17,18). The van der Waals surface area contributed by atoms with Crippen LogP contribution in [0, 0.1) is 18.2 Å². The number of nitrogen functional groups attached to an aromatic ring is 1. The zero-order valence-electron chi connectivity index (χ0n) is 10.7. The van der Waals surface area contributed by atoms with E-state index in [2.05, 4.69) is 10.9 Å². The number of terminal acetylenes is 1. The van der Waals surface area contributed by atoms with E-state index < -0.39 is 5.82 Å². The van der Waals surface area contributed by atoms with E-state index in [9.17, 15) is 4.39 Å². The molecule has 0 radical (unpaired) electrons. The molecule has 2 N–H and O–H groups in total. The minimum Gasteiger partial charge on any atom is -0.384 e. The maximum absolute atomic E-state index is 13.8. The van der Waals surface area contributed by atoms with Crippen LogP contribution in [0.5, 0.6) is 0 Å². The van der Waals surface area contributed by atoms with Crippen molar-refractivity contribution in [3.63, 3.8) is 0 Å². The zero-order chi connectivity index (χ0) is 13.5. The number of fused-ring (bicyclic) bond motifs is 1. The van der Waals surface area contributed by atoms with Gasteiger partial charge < -0.3 is 5.73 Å². The monoisotopic (exact) mass is 242 g/mol. The first-order valence-corrected chi connectivity index (χ1v) is 5.70. The van der Waals surface area contributed by atoms with Crippen molar-refractivity contribution in [3.8, 4) is 12.3 Å². The molecule has 18 heavy (non-hydrogen) atoms. The Morgan fingerprint density at radius 2 is 2.00 bits per heavy atom. The minimum atomic E-state index is -0.401. The molecule has 3 heteroatoms. The molecule has 0 fully saturated rings. The average molecular weight is 242 g/mol. The summed E-state index contributed by atoms with van der Waals surface area (Å²) >= 11 is 0. The van der Waals surface area contributed by atoms with E-state index in [1.807, 2.05) is 20.8 Å². The molecular formula is C15H15FN2. The Hall–Kier alpha value is -2.08. The molecule has 0 spiro atoms. The van der Waals surface area contributed by atoms with Gasteiger partial charge in [-0.2, -0.15) is 0 Å². The van der Waals surface area contributed by atoms with E-state index in [1.165, 1.54) is 6.07 Å². The Bertz CT molecular complexity index is 661. The van der Waals surface area contributed by atoms with Crippen LogP contribution >= 0.6 is 0 Å². The first-order chi connectivity index (χ1) is 8.34. The molecule has 2 aromatic rings. The summed E-state index contributed by atoms with van der Waals surface area (Å²) in [6.45, 7) is 6.00. The predicted molar refractivity (Wildman–Crippen MR) is 72.7 cm³/mol. The molecule has 92 valence electrons. The van der Waals surface area contributed by atoms with Crippen molar-refractivity contribution in [2.45, 2.75) is 26.2 Å². The lowest BCUT2D eigenvalue weighted by Gasteiger charge is -2.21. The van der Waals surface area contributed by atoms with Gasteiger partial charge in [-0.25, -0.2) is 9.37 Å². The lowest BCUT2D eigenvalue weighted by molar-refractivity contribution is 0.575. The number of nitrogens with zero attached hydrogens (tertiary/aromatic N) is 1. The predicted octanol–water partition coefficient (Wildman–Crippen LogP) is 3.23. The van der Waals surface area contributed by atoms with Gasteiger partial charge in [0.1, 0.15) is 11.6 Å². The van der Waals surface area contributed by atoms with Crippen LogP contribution < -0.4 is 5.73 Å². The van der Waals surface area contributed by atoms with Crippen LogP contribution in [0.25, 0.3) is 10.8 Å². The number of hydrogen-bond donors (Lipinski definition) is 1. The van der Waals surface area contributed by atoms with Crippen molar-refractivity contribution in [3.05, 3.63) is 35.3 Å². The van der Waals surface area contributed by atoms with Gasteiger partial charge in [0, 0.05) is 10.8 Å². The van der Waals surface area contributed by atoms with Crippen LogP contribution in [0.3, 0.4) is 0 Å². The molecule has 0 amide bonds. The van der Waals surface area contributed by atoms with Crippen LogP contribution in [0.2, 0.25) is 0 Å². The number of halogens is 1. The highest BCUT2D eigenvalue weighted by Crippen LogP contribution is 2.32. The van der Waals surface area contributed by atoms with E-state index in [1.54, 1.807) is 12.1 Å². The number of nitrogens with two attached hydrogens (primary N) is 1. The molecule has 2 rings (SSSR count). The Labute approximate surface area is 106 Å². The number of hydrogen-bond acceptors (Lipinski definition) is 2. The Balaban J connectivity index is 3.02. The molecule has 0 bridgehead atoms. The Morgan fingerprint density at radius 1 is 1.33 bits per heavy atom. The molecule has 0 saturated heterocycles. The van der Waals surface area contributed by atoms with E-state index >= 15 is 0 Å². The second-order valence-corrected chi connectivity index (χ2v) is 5.31. The third-order valence-corrected chi connectivity index (χ3v) is 2.82. The fraction of sp³-hybridized carbons (Fsp3) is 0.267. The van der Waals surface area contributed by atoms with Crippen LogP contribution in [-0.4, -0.2) is 4.98 Å². The van der Waals surface area contributed by atoms with Crippen molar-refractivity contribution in [2.75, 3.05) is 5.73 Å². The maximum Gasteiger partial charge on any atom is 0.139 e. The largest absolute Gasteiger partial charge is 0.384 e. The van der Waals surface area contributed by atoms with Gasteiger partial charge in [-0.15, -0.1) is 6.42 Å². The van der Waals surface area contributed by atoms with Crippen molar-refractivity contribution in [2.24, 2.45) is 0 Å². The van der Waals surface area contributed by atoms with Gasteiger partial charge in [-0.3, -0.25) is 0 Å². The average Bonchev–Trinajstić information content (AvgIpc) is 2.27. The van der Waals surface area contributed by atoms with Gasteiger partial charge in [-0.1, -0.05) is 32.8 Å². The lowest BCUT2D eigenvalue weighted by Crippen LogP contribution is -2.16. The molecule has 1 aromatic carbocycles. The second-order valence-electron chi connectivity index (χ2n) is 5.31. The summed E-state index contributed by atoms with van der Waals surface area (Å²) in [7, 11) is 0. The number of pyridine rings is 1. The number of rotatable bonds is 0. The van der Waals surface area contributed by atoms with E-state index in [-0.39, 0.29) is 11.0 Å². The molecule has 0 unspecified atom stereocenters. The van der Waals surface area contributed by atoms with Crippen LogP contribution in [-0.2, 0) is 5.41 Å². The zero-order valence-corrected chi connectivity index (χ0v) is 10.7. The smallest absolute Gasteiger partial charge is 0.139 e. The first-order valence-electron chi connectivity index (χ1n) is 5.70. The van der Waals surface area contributed by atoms with Gasteiger partial charge in [0.15, 0.2) is 0 Å². The molecule has 2 nitrogen and oxygen atoms in total. The maximum atomic E-state index is 13.8.